The molecule has 2 aliphatic heterocycles. The SMILES string of the molecule is CN1C=C2C(=O)Nc3ccccc3C2C1. The number of amides is 1. The average molecular weight is 200 g/mol. The largest absolute Gasteiger partial charge is 0.379 e. The maximum absolute atomic E-state index is 11.8. The maximum atomic E-state index is 11.8. The first-order valence-electron chi connectivity index (χ1n) is 5.08. The number of carbonyl (C=O) groups is 1. The van der Waals surface area contributed by atoms with Crippen molar-refractivity contribution in [1.82, 2.24) is 4.90 Å². The molecule has 76 valence electrons. The molecule has 1 aromatic carbocycles. The molecule has 3 rings (SSSR count). The Morgan fingerprint density at radius 3 is 3.07 bits per heavy atom. The van der Waals surface area contributed by atoms with Crippen LogP contribution < -0.4 is 5.32 Å². The average Bonchev–Trinajstić information content (AvgIpc) is 2.61. The van der Waals surface area contributed by atoms with Crippen LogP contribution in [-0.2, 0) is 4.79 Å². The predicted molar refractivity (Wildman–Crippen MR) is 58.5 cm³/mol. The normalized spacial score (nSPS) is 23.0. The van der Waals surface area contributed by atoms with E-state index in [1.165, 1.54) is 5.56 Å². The van der Waals surface area contributed by atoms with Crippen LogP contribution in [0.1, 0.15) is 11.5 Å². The van der Waals surface area contributed by atoms with E-state index in [9.17, 15) is 4.79 Å². The quantitative estimate of drug-likeness (QED) is 0.689. The van der Waals surface area contributed by atoms with Crippen molar-refractivity contribution < 1.29 is 4.79 Å². The van der Waals surface area contributed by atoms with Crippen molar-refractivity contribution in [1.29, 1.82) is 0 Å². The van der Waals surface area contributed by atoms with E-state index in [2.05, 4.69) is 16.3 Å². The number of likely N-dealkylation sites (N-methyl/N-ethyl adjacent to an activating group) is 1. The van der Waals surface area contributed by atoms with Crippen LogP contribution in [0, 0.1) is 0 Å². The smallest absolute Gasteiger partial charge is 0.253 e. The van der Waals surface area contributed by atoms with Crippen LogP contribution in [0.4, 0.5) is 5.69 Å². The number of rotatable bonds is 0. The van der Waals surface area contributed by atoms with E-state index in [0.717, 1.165) is 17.8 Å². The third-order valence-corrected chi connectivity index (χ3v) is 3.05. The zero-order chi connectivity index (χ0) is 10.4. The van der Waals surface area contributed by atoms with Crippen LogP contribution in [0.5, 0.6) is 0 Å². The summed E-state index contributed by atoms with van der Waals surface area (Å²) in [5.74, 6) is 0.294. The molecule has 1 atom stereocenters. The van der Waals surface area contributed by atoms with Crippen molar-refractivity contribution in [3.05, 3.63) is 41.6 Å². The molecular formula is C12H12N2O. The van der Waals surface area contributed by atoms with Crippen molar-refractivity contribution in [2.24, 2.45) is 0 Å². The van der Waals surface area contributed by atoms with Crippen LogP contribution in [0.25, 0.3) is 0 Å². The van der Waals surface area contributed by atoms with Gasteiger partial charge in [0.2, 0.25) is 0 Å². The van der Waals surface area contributed by atoms with Gasteiger partial charge in [0, 0.05) is 37.0 Å². The second kappa shape index (κ2) is 2.86. The van der Waals surface area contributed by atoms with Crippen LogP contribution in [0.15, 0.2) is 36.0 Å². The molecule has 0 saturated heterocycles. The van der Waals surface area contributed by atoms with Gasteiger partial charge < -0.3 is 10.2 Å². The predicted octanol–water partition coefficient (Wildman–Crippen LogP) is 1.55. The van der Waals surface area contributed by atoms with E-state index in [1.54, 1.807) is 0 Å². The third kappa shape index (κ3) is 1.16. The minimum Gasteiger partial charge on any atom is -0.379 e. The summed E-state index contributed by atoms with van der Waals surface area (Å²) in [6.07, 6.45) is 1.94. The van der Waals surface area contributed by atoms with E-state index in [4.69, 9.17) is 0 Å². The molecule has 0 aliphatic carbocycles. The molecular weight excluding hydrogens is 188 g/mol. The summed E-state index contributed by atoms with van der Waals surface area (Å²) in [7, 11) is 2.00. The molecule has 3 nitrogen and oxygen atoms in total. The summed E-state index contributed by atoms with van der Waals surface area (Å²) in [6, 6.07) is 8.02. The second-order valence-corrected chi connectivity index (χ2v) is 4.12. The number of fused-ring (bicyclic) bond motifs is 3. The maximum Gasteiger partial charge on any atom is 0.253 e. The molecule has 2 heterocycles. The highest BCUT2D eigenvalue weighted by Gasteiger charge is 2.34. The number of benzene rings is 1. The highest BCUT2D eigenvalue weighted by molar-refractivity contribution is 6.08. The van der Waals surface area contributed by atoms with Crippen LogP contribution in [0.3, 0.4) is 0 Å². The van der Waals surface area contributed by atoms with E-state index in [0.29, 0.717) is 0 Å². The third-order valence-electron chi connectivity index (χ3n) is 3.05. The lowest BCUT2D eigenvalue weighted by Crippen LogP contribution is -2.25. The number of hydrogen-bond donors (Lipinski definition) is 1. The van der Waals surface area contributed by atoms with Crippen molar-refractivity contribution in [2.45, 2.75) is 5.92 Å². The summed E-state index contributed by atoms with van der Waals surface area (Å²) in [6.45, 7) is 0.903. The van der Waals surface area contributed by atoms with Gasteiger partial charge in [-0.1, -0.05) is 18.2 Å². The zero-order valence-electron chi connectivity index (χ0n) is 8.53. The molecule has 0 bridgehead atoms. The van der Waals surface area contributed by atoms with E-state index in [-0.39, 0.29) is 11.8 Å². The van der Waals surface area contributed by atoms with Gasteiger partial charge in [-0.2, -0.15) is 0 Å². The Bertz CT molecular complexity index is 464. The van der Waals surface area contributed by atoms with Gasteiger partial charge in [-0.05, 0) is 11.6 Å². The molecule has 1 unspecified atom stereocenters. The number of para-hydroxylation sites is 1. The van der Waals surface area contributed by atoms with Gasteiger partial charge in [-0.15, -0.1) is 0 Å². The lowest BCUT2D eigenvalue weighted by molar-refractivity contribution is -0.113. The van der Waals surface area contributed by atoms with Crippen LogP contribution in [0.2, 0.25) is 0 Å². The molecule has 1 amide bonds. The topological polar surface area (TPSA) is 32.3 Å². The first-order valence-corrected chi connectivity index (χ1v) is 5.08. The van der Waals surface area contributed by atoms with Gasteiger partial charge in [0.15, 0.2) is 0 Å². The molecule has 0 saturated carbocycles. The number of carbonyl (C=O) groups excluding carboxylic acids is 1. The molecule has 0 spiro atoms. The highest BCUT2D eigenvalue weighted by Crippen LogP contribution is 2.38. The fourth-order valence-corrected chi connectivity index (χ4v) is 2.36. The van der Waals surface area contributed by atoms with Crippen LogP contribution in [-0.4, -0.2) is 24.4 Å². The molecule has 1 N–H and O–H groups in total. The first-order chi connectivity index (χ1) is 7.25. The summed E-state index contributed by atoms with van der Waals surface area (Å²) in [5.41, 5.74) is 3.07. The highest BCUT2D eigenvalue weighted by atomic mass is 16.1. The molecule has 0 fully saturated rings. The second-order valence-electron chi connectivity index (χ2n) is 4.12. The fourth-order valence-electron chi connectivity index (χ4n) is 2.36. The Morgan fingerprint density at radius 1 is 1.40 bits per heavy atom. The van der Waals surface area contributed by atoms with Gasteiger partial charge in [0.05, 0.1) is 0 Å². The lowest BCUT2D eigenvalue weighted by Gasteiger charge is -2.24. The number of nitrogens with one attached hydrogen (secondary N) is 1. The molecule has 15 heavy (non-hydrogen) atoms. The molecule has 0 aromatic heterocycles. The van der Waals surface area contributed by atoms with Gasteiger partial charge >= 0.3 is 0 Å². The van der Waals surface area contributed by atoms with E-state index in [1.807, 2.05) is 31.4 Å². The Balaban J connectivity index is 2.15. The zero-order valence-corrected chi connectivity index (χ0v) is 8.53. The van der Waals surface area contributed by atoms with Crippen LogP contribution >= 0.6 is 0 Å². The van der Waals surface area contributed by atoms with E-state index < -0.39 is 0 Å². The van der Waals surface area contributed by atoms with Crippen molar-refractivity contribution in [3.8, 4) is 0 Å². The van der Waals surface area contributed by atoms with Gasteiger partial charge in [-0.25, -0.2) is 0 Å². The van der Waals surface area contributed by atoms with Crippen molar-refractivity contribution in [3.63, 3.8) is 0 Å². The lowest BCUT2D eigenvalue weighted by atomic mass is 9.88. The molecule has 3 heteroatoms. The molecule has 2 aliphatic rings. The Morgan fingerprint density at radius 2 is 2.20 bits per heavy atom. The van der Waals surface area contributed by atoms with Gasteiger partial charge in [0.1, 0.15) is 0 Å². The summed E-state index contributed by atoms with van der Waals surface area (Å²) >= 11 is 0. The summed E-state index contributed by atoms with van der Waals surface area (Å²) in [4.78, 5) is 13.8. The molecule has 0 radical (unpaired) electrons. The summed E-state index contributed by atoms with van der Waals surface area (Å²) < 4.78 is 0. The fraction of sp³-hybridized carbons (Fsp3) is 0.250. The number of anilines is 1. The van der Waals surface area contributed by atoms with Gasteiger partial charge in [-0.3, -0.25) is 4.79 Å². The molecule has 1 aromatic rings. The minimum absolute atomic E-state index is 0.0445. The Kier molecular flexibility index (Phi) is 1.63. The standard InChI is InChI=1S/C12H12N2O/c1-14-6-9-8-4-2-3-5-11(8)13-12(15)10(9)7-14/h2-5,7,9H,6H2,1H3,(H,13,15). The monoisotopic (exact) mass is 200 g/mol. The van der Waals surface area contributed by atoms with Gasteiger partial charge in [0.25, 0.3) is 5.91 Å². The Hall–Kier alpha value is -1.77. The van der Waals surface area contributed by atoms with E-state index >= 15 is 0 Å². The summed E-state index contributed by atoms with van der Waals surface area (Å²) in [5, 5.41) is 2.92. The number of hydrogen-bond acceptors (Lipinski definition) is 2. The van der Waals surface area contributed by atoms with Crippen molar-refractivity contribution >= 4 is 11.6 Å². The number of nitrogens with zero attached hydrogens (tertiary/aromatic N) is 1. The minimum atomic E-state index is 0.0445. The Labute approximate surface area is 88.4 Å². The first kappa shape index (κ1) is 8.53. The van der Waals surface area contributed by atoms with Crippen molar-refractivity contribution in [2.75, 3.05) is 18.9 Å².